The molecular formula is C9H18N2O4. The first-order valence-electron chi connectivity index (χ1n) is 4.72. The molecule has 0 radical (unpaired) electrons. The number of ether oxygens (including phenoxy) is 1. The Morgan fingerprint density at radius 1 is 1.07 bits per heavy atom. The van der Waals surface area contributed by atoms with Gasteiger partial charge in [-0.3, -0.25) is 0 Å². The molecule has 0 aliphatic carbocycles. The normalized spacial score (nSPS) is 17.0. The second kappa shape index (κ2) is 5.79. The Bertz CT molecular complexity index is 216. The maximum Gasteiger partial charge on any atom is 0.333 e. The van der Waals surface area contributed by atoms with E-state index >= 15 is 0 Å². The van der Waals surface area contributed by atoms with Crippen molar-refractivity contribution < 1.29 is 19.4 Å². The highest BCUT2D eigenvalue weighted by Gasteiger charge is 2.27. The van der Waals surface area contributed by atoms with E-state index in [9.17, 15) is 9.59 Å². The molecular weight excluding hydrogens is 200 g/mol. The van der Waals surface area contributed by atoms with E-state index in [0.717, 1.165) is 0 Å². The third kappa shape index (κ3) is 4.37. The number of aliphatic hydroxyl groups excluding tert-OH is 1. The van der Waals surface area contributed by atoms with E-state index < -0.39 is 30.1 Å². The van der Waals surface area contributed by atoms with Crippen molar-refractivity contribution >= 4 is 11.9 Å². The Hall–Kier alpha value is -0.980. The second-order valence-corrected chi connectivity index (χ2v) is 3.78. The van der Waals surface area contributed by atoms with Crippen LogP contribution in [0.3, 0.4) is 0 Å². The number of carbonyl (C=O) groups excluding carboxylic acids is 2. The number of hydrogen-bond acceptors (Lipinski definition) is 6. The summed E-state index contributed by atoms with van der Waals surface area (Å²) < 4.78 is 4.41. The van der Waals surface area contributed by atoms with Gasteiger partial charge in [-0.2, -0.15) is 0 Å². The predicted molar refractivity (Wildman–Crippen MR) is 53.6 cm³/mol. The largest absolute Gasteiger partial charge is 0.391 e. The van der Waals surface area contributed by atoms with Gasteiger partial charge in [0.2, 0.25) is 0 Å². The summed E-state index contributed by atoms with van der Waals surface area (Å²) in [4.78, 5) is 22.4. The van der Waals surface area contributed by atoms with Gasteiger partial charge in [-0.25, -0.2) is 9.59 Å². The molecule has 0 aromatic carbocycles. The zero-order chi connectivity index (χ0) is 12.2. The van der Waals surface area contributed by atoms with E-state index in [4.69, 9.17) is 16.6 Å². The molecule has 88 valence electrons. The molecule has 0 aliphatic heterocycles. The highest BCUT2D eigenvalue weighted by molar-refractivity contribution is 5.91. The predicted octanol–water partition coefficient (Wildman–Crippen LogP) is -1.25. The van der Waals surface area contributed by atoms with Crippen LogP contribution in [0.4, 0.5) is 0 Å². The Kier molecular flexibility index (Phi) is 5.41. The fraction of sp³-hybridized carbons (Fsp3) is 0.778. The molecule has 0 aromatic rings. The minimum Gasteiger partial charge on any atom is -0.391 e. The molecule has 0 unspecified atom stereocenters. The van der Waals surface area contributed by atoms with Gasteiger partial charge < -0.3 is 21.3 Å². The maximum atomic E-state index is 11.2. The van der Waals surface area contributed by atoms with Crippen molar-refractivity contribution in [2.45, 2.75) is 39.0 Å². The van der Waals surface area contributed by atoms with E-state index in [1.165, 1.54) is 6.92 Å². The molecule has 0 bridgehead atoms. The van der Waals surface area contributed by atoms with Crippen molar-refractivity contribution in [2.75, 3.05) is 0 Å². The summed E-state index contributed by atoms with van der Waals surface area (Å²) in [5.74, 6) is -1.93. The average molecular weight is 218 g/mol. The zero-order valence-corrected chi connectivity index (χ0v) is 9.14. The van der Waals surface area contributed by atoms with Gasteiger partial charge >= 0.3 is 11.9 Å². The fourth-order valence-corrected chi connectivity index (χ4v) is 0.704. The summed E-state index contributed by atoms with van der Waals surface area (Å²) >= 11 is 0. The lowest BCUT2D eigenvalue weighted by molar-refractivity contribution is -0.163. The summed E-state index contributed by atoms with van der Waals surface area (Å²) in [5.41, 5.74) is 10.7. The maximum absolute atomic E-state index is 11.2. The van der Waals surface area contributed by atoms with Crippen LogP contribution in [-0.4, -0.2) is 35.2 Å². The standard InChI is InChI=1S/C9H18N2O4/c1-4(2)6(10)8(13)15-9(14)7(11)5(3)12/h4-7,12H,10-11H2,1-3H3/t5-,6+,7+/m1/s1. The van der Waals surface area contributed by atoms with Crippen LogP contribution in [0.5, 0.6) is 0 Å². The Morgan fingerprint density at radius 3 is 1.80 bits per heavy atom. The lowest BCUT2D eigenvalue weighted by atomic mass is 10.1. The zero-order valence-electron chi connectivity index (χ0n) is 9.14. The first-order valence-corrected chi connectivity index (χ1v) is 4.72. The lowest BCUT2D eigenvalue weighted by Crippen LogP contribution is -2.45. The molecule has 0 spiro atoms. The number of esters is 2. The molecule has 0 heterocycles. The molecule has 6 heteroatoms. The summed E-state index contributed by atoms with van der Waals surface area (Å²) in [6, 6.07) is -2.09. The van der Waals surface area contributed by atoms with Crippen LogP contribution in [0.2, 0.25) is 0 Å². The van der Waals surface area contributed by atoms with Gasteiger partial charge in [-0.1, -0.05) is 13.8 Å². The van der Waals surface area contributed by atoms with Crippen LogP contribution in [0.1, 0.15) is 20.8 Å². The van der Waals surface area contributed by atoms with Crippen molar-refractivity contribution in [3.63, 3.8) is 0 Å². The Morgan fingerprint density at radius 2 is 1.47 bits per heavy atom. The number of rotatable bonds is 4. The van der Waals surface area contributed by atoms with Crippen LogP contribution in [0.25, 0.3) is 0 Å². The van der Waals surface area contributed by atoms with Crippen molar-refractivity contribution in [3.8, 4) is 0 Å². The average Bonchev–Trinajstić information content (AvgIpc) is 2.14. The number of hydrogen-bond donors (Lipinski definition) is 3. The summed E-state index contributed by atoms with van der Waals surface area (Å²) in [5, 5.41) is 8.98. The van der Waals surface area contributed by atoms with Crippen LogP contribution in [-0.2, 0) is 14.3 Å². The van der Waals surface area contributed by atoms with E-state index in [1.54, 1.807) is 13.8 Å². The summed E-state index contributed by atoms with van der Waals surface area (Å²) in [7, 11) is 0. The quantitative estimate of drug-likeness (QED) is 0.401. The first-order chi connectivity index (χ1) is 6.77. The smallest absolute Gasteiger partial charge is 0.333 e. The molecule has 0 aromatic heterocycles. The molecule has 0 saturated heterocycles. The van der Waals surface area contributed by atoms with Gasteiger partial charge in [0.15, 0.2) is 0 Å². The van der Waals surface area contributed by atoms with E-state index in [2.05, 4.69) is 4.74 Å². The second-order valence-electron chi connectivity index (χ2n) is 3.78. The minimum atomic E-state index is -1.23. The van der Waals surface area contributed by atoms with Crippen molar-refractivity contribution in [1.82, 2.24) is 0 Å². The van der Waals surface area contributed by atoms with Crippen LogP contribution >= 0.6 is 0 Å². The van der Waals surface area contributed by atoms with Crippen molar-refractivity contribution in [2.24, 2.45) is 17.4 Å². The van der Waals surface area contributed by atoms with E-state index in [-0.39, 0.29) is 5.92 Å². The molecule has 6 nitrogen and oxygen atoms in total. The topological polar surface area (TPSA) is 116 Å². The van der Waals surface area contributed by atoms with Gasteiger partial charge in [-0.05, 0) is 12.8 Å². The fourth-order valence-electron chi connectivity index (χ4n) is 0.704. The van der Waals surface area contributed by atoms with Crippen molar-refractivity contribution in [3.05, 3.63) is 0 Å². The highest BCUT2D eigenvalue weighted by Crippen LogP contribution is 2.02. The molecule has 0 amide bonds. The van der Waals surface area contributed by atoms with E-state index in [1.807, 2.05) is 0 Å². The number of carbonyl (C=O) groups is 2. The van der Waals surface area contributed by atoms with Gasteiger partial charge in [0, 0.05) is 0 Å². The monoisotopic (exact) mass is 218 g/mol. The SMILES string of the molecule is CC(C)[C@H](N)C(=O)OC(=O)[C@@H](N)[C@@H](C)O. The molecule has 15 heavy (non-hydrogen) atoms. The van der Waals surface area contributed by atoms with Crippen LogP contribution in [0, 0.1) is 5.92 Å². The lowest BCUT2D eigenvalue weighted by Gasteiger charge is -2.16. The van der Waals surface area contributed by atoms with Crippen LogP contribution < -0.4 is 11.5 Å². The molecule has 0 rings (SSSR count). The number of aliphatic hydroxyl groups is 1. The minimum absolute atomic E-state index is 0.131. The highest BCUT2D eigenvalue weighted by atomic mass is 16.6. The third-order valence-corrected chi connectivity index (χ3v) is 1.98. The van der Waals surface area contributed by atoms with Crippen LogP contribution in [0.15, 0.2) is 0 Å². The summed E-state index contributed by atoms with van der Waals surface area (Å²) in [6.45, 7) is 4.79. The van der Waals surface area contributed by atoms with E-state index in [0.29, 0.717) is 0 Å². The summed E-state index contributed by atoms with van der Waals surface area (Å²) in [6.07, 6.45) is -1.07. The molecule has 0 saturated carbocycles. The van der Waals surface area contributed by atoms with Gasteiger partial charge in [0.1, 0.15) is 12.1 Å². The van der Waals surface area contributed by atoms with Gasteiger partial charge in [-0.15, -0.1) is 0 Å². The Labute approximate surface area is 88.6 Å². The number of nitrogens with two attached hydrogens (primary N) is 2. The molecule has 0 aliphatic rings. The molecule has 0 fully saturated rings. The van der Waals surface area contributed by atoms with Crippen molar-refractivity contribution in [1.29, 1.82) is 0 Å². The van der Waals surface area contributed by atoms with Gasteiger partial charge in [0.25, 0.3) is 0 Å². The Balaban J connectivity index is 4.25. The molecule has 5 N–H and O–H groups in total. The molecule has 3 atom stereocenters. The van der Waals surface area contributed by atoms with Gasteiger partial charge in [0.05, 0.1) is 6.10 Å². The first kappa shape index (κ1) is 14.0. The third-order valence-electron chi connectivity index (χ3n) is 1.98.